The predicted molar refractivity (Wildman–Crippen MR) is 76.0 cm³/mol. The van der Waals surface area contributed by atoms with E-state index in [1.165, 1.54) is 0 Å². The van der Waals surface area contributed by atoms with Gasteiger partial charge in [-0.15, -0.1) is 0 Å². The predicted octanol–water partition coefficient (Wildman–Crippen LogP) is 1.56. The summed E-state index contributed by atoms with van der Waals surface area (Å²) in [5, 5.41) is 11.0. The second kappa shape index (κ2) is 4.35. The summed E-state index contributed by atoms with van der Waals surface area (Å²) in [5.74, 6) is 1.17. The highest BCUT2D eigenvalue weighted by Crippen LogP contribution is 2.29. The van der Waals surface area contributed by atoms with Crippen LogP contribution in [0.15, 0.2) is 24.3 Å². The molecule has 0 radical (unpaired) electrons. The number of piperidine rings is 1. The molecular formula is C14H18N4O. The Bertz CT molecular complexity index is 601. The summed E-state index contributed by atoms with van der Waals surface area (Å²) in [7, 11) is 0. The van der Waals surface area contributed by atoms with Crippen LogP contribution in [-0.2, 0) is 0 Å². The molecule has 100 valence electrons. The third kappa shape index (κ3) is 2.33. The molecule has 0 unspecified atom stereocenters. The third-order valence-electron chi connectivity index (χ3n) is 3.74. The van der Waals surface area contributed by atoms with Gasteiger partial charge in [0.05, 0.1) is 11.1 Å². The topological polar surface area (TPSA) is 75.3 Å². The zero-order valence-corrected chi connectivity index (χ0v) is 11.0. The molecular weight excluding hydrogens is 240 g/mol. The molecule has 0 atom stereocenters. The lowest BCUT2D eigenvalue weighted by molar-refractivity contribution is 0.0350. The SMILES string of the molecule is CC1(O)CCN(c2nc(N)nc3ccccc23)CC1. The van der Waals surface area contributed by atoms with Crippen LogP contribution in [0.25, 0.3) is 10.9 Å². The van der Waals surface area contributed by atoms with Crippen molar-refractivity contribution in [2.75, 3.05) is 23.7 Å². The van der Waals surface area contributed by atoms with E-state index in [1.807, 2.05) is 31.2 Å². The van der Waals surface area contributed by atoms with Gasteiger partial charge < -0.3 is 15.7 Å². The Morgan fingerprint density at radius 3 is 2.63 bits per heavy atom. The number of nitrogen functional groups attached to an aromatic ring is 1. The molecule has 2 aromatic rings. The van der Waals surface area contributed by atoms with Gasteiger partial charge in [0, 0.05) is 18.5 Å². The molecule has 0 saturated carbocycles. The minimum absolute atomic E-state index is 0.297. The molecule has 0 spiro atoms. The first-order valence-corrected chi connectivity index (χ1v) is 6.55. The number of para-hydroxylation sites is 1. The third-order valence-corrected chi connectivity index (χ3v) is 3.74. The maximum absolute atomic E-state index is 10.0. The van der Waals surface area contributed by atoms with Crippen molar-refractivity contribution in [3.05, 3.63) is 24.3 Å². The minimum Gasteiger partial charge on any atom is -0.390 e. The Labute approximate surface area is 112 Å². The highest BCUT2D eigenvalue weighted by Gasteiger charge is 2.28. The van der Waals surface area contributed by atoms with Gasteiger partial charge in [0.2, 0.25) is 5.95 Å². The largest absolute Gasteiger partial charge is 0.390 e. The molecule has 19 heavy (non-hydrogen) atoms. The number of aromatic nitrogens is 2. The number of fused-ring (bicyclic) bond motifs is 1. The van der Waals surface area contributed by atoms with E-state index < -0.39 is 5.60 Å². The van der Waals surface area contributed by atoms with Crippen molar-refractivity contribution in [2.24, 2.45) is 0 Å². The number of hydrogen-bond donors (Lipinski definition) is 2. The molecule has 0 bridgehead atoms. The minimum atomic E-state index is -0.565. The highest BCUT2D eigenvalue weighted by molar-refractivity contribution is 5.90. The summed E-state index contributed by atoms with van der Waals surface area (Å²) < 4.78 is 0. The Balaban J connectivity index is 2.01. The van der Waals surface area contributed by atoms with Gasteiger partial charge in [-0.3, -0.25) is 0 Å². The van der Waals surface area contributed by atoms with Crippen LogP contribution in [0, 0.1) is 0 Å². The van der Waals surface area contributed by atoms with Crippen LogP contribution >= 0.6 is 0 Å². The summed E-state index contributed by atoms with van der Waals surface area (Å²) in [6, 6.07) is 7.87. The molecule has 1 aliphatic heterocycles. The van der Waals surface area contributed by atoms with E-state index in [4.69, 9.17) is 5.73 Å². The van der Waals surface area contributed by atoms with E-state index in [9.17, 15) is 5.11 Å². The van der Waals surface area contributed by atoms with Crippen molar-refractivity contribution in [1.29, 1.82) is 0 Å². The molecule has 5 nitrogen and oxygen atoms in total. The van der Waals surface area contributed by atoms with Gasteiger partial charge in [-0.05, 0) is 31.9 Å². The normalized spacial score (nSPS) is 18.7. The zero-order chi connectivity index (χ0) is 13.5. The quantitative estimate of drug-likeness (QED) is 0.812. The number of nitrogens with zero attached hydrogens (tertiary/aromatic N) is 3. The maximum atomic E-state index is 10.0. The average molecular weight is 258 g/mol. The van der Waals surface area contributed by atoms with Gasteiger partial charge in [0.25, 0.3) is 0 Å². The van der Waals surface area contributed by atoms with E-state index in [0.29, 0.717) is 5.95 Å². The van der Waals surface area contributed by atoms with E-state index >= 15 is 0 Å². The summed E-state index contributed by atoms with van der Waals surface area (Å²) in [6.07, 6.45) is 1.48. The van der Waals surface area contributed by atoms with Crippen LogP contribution in [0.3, 0.4) is 0 Å². The standard InChI is InChI=1S/C14H18N4O/c1-14(19)6-8-18(9-7-14)12-10-4-2-3-5-11(10)16-13(15)17-12/h2-5,19H,6-9H2,1H3,(H2,15,16,17). The first-order chi connectivity index (χ1) is 9.05. The Kier molecular flexibility index (Phi) is 2.78. The molecule has 3 rings (SSSR count). The smallest absolute Gasteiger partial charge is 0.222 e. The van der Waals surface area contributed by atoms with E-state index in [-0.39, 0.29) is 0 Å². The number of benzene rings is 1. The van der Waals surface area contributed by atoms with Gasteiger partial charge in [-0.25, -0.2) is 4.98 Å². The molecule has 1 saturated heterocycles. The monoisotopic (exact) mass is 258 g/mol. The van der Waals surface area contributed by atoms with Gasteiger partial charge in [0.1, 0.15) is 5.82 Å². The Morgan fingerprint density at radius 1 is 1.21 bits per heavy atom. The molecule has 1 aliphatic rings. The molecule has 5 heteroatoms. The second-order valence-corrected chi connectivity index (χ2v) is 5.41. The molecule has 1 aromatic heterocycles. The first kappa shape index (κ1) is 12.2. The van der Waals surface area contributed by atoms with Crippen molar-refractivity contribution in [3.63, 3.8) is 0 Å². The first-order valence-electron chi connectivity index (χ1n) is 6.55. The van der Waals surface area contributed by atoms with Crippen molar-refractivity contribution in [1.82, 2.24) is 9.97 Å². The van der Waals surface area contributed by atoms with E-state index in [2.05, 4.69) is 14.9 Å². The fraction of sp³-hybridized carbons (Fsp3) is 0.429. The number of hydrogen-bond acceptors (Lipinski definition) is 5. The van der Waals surface area contributed by atoms with Crippen LogP contribution in [0.1, 0.15) is 19.8 Å². The lowest BCUT2D eigenvalue weighted by Gasteiger charge is -2.36. The van der Waals surface area contributed by atoms with E-state index in [0.717, 1.165) is 42.7 Å². The fourth-order valence-electron chi connectivity index (χ4n) is 2.52. The van der Waals surface area contributed by atoms with Gasteiger partial charge in [-0.2, -0.15) is 4.98 Å². The lowest BCUT2D eigenvalue weighted by atomic mass is 9.94. The molecule has 3 N–H and O–H groups in total. The van der Waals surface area contributed by atoms with Crippen LogP contribution < -0.4 is 10.6 Å². The van der Waals surface area contributed by atoms with Crippen LogP contribution in [0.5, 0.6) is 0 Å². The van der Waals surface area contributed by atoms with Gasteiger partial charge in [-0.1, -0.05) is 12.1 Å². The molecule has 0 amide bonds. The summed E-state index contributed by atoms with van der Waals surface area (Å²) >= 11 is 0. The summed E-state index contributed by atoms with van der Waals surface area (Å²) in [5.41, 5.74) is 6.09. The van der Waals surface area contributed by atoms with Crippen molar-refractivity contribution in [2.45, 2.75) is 25.4 Å². The average Bonchev–Trinajstić information content (AvgIpc) is 2.38. The number of aliphatic hydroxyl groups is 1. The number of nitrogens with two attached hydrogens (primary N) is 1. The van der Waals surface area contributed by atoms with E-state index in [1.54, 1.807) is 0 Å². The van der Waals surface area contributed by atoms with Crippen LogP contribution in [-0.4, -0.2) is 33.8 Å². The van der Waals surface area contributed by atoms with Gasteiger partial charge >= 0.3 is 0 Å². The summed E-state index contributed by atoms with van der Waals surface area (Å²) in [6.45, 7) is 3.46. The van der Waals surface area contributed by atoms with Crippen molar-refractivity contribution in [3.8, 4) is 0 Å². The molecule has 0 aliphatic carbocycles. The van der Waals surface area contributed by atoms with Crippen LogP contribution in [0.2, 0.25) is 0 Å². The number of rotatable bonds is 1. The van der Waals surface area contributed by atoms with Crippen molar-refractivity contribution >= 4 is 22.7 Å². The molecule has 1 aromatic carbocycles. The molecule has 1 fully saturated rings. The summed E-state index contributed by atoms with van der Waals surface area (Å²) in [4.78, 5) is 10.8. The van der Waals surface area contributed by atoms with Gasteiger partial charge in [0.15, 0.2) is 0 Å². The molecule has 2 heterocycles. The second-order valence-electron chi connectivity index (χ2n) is 5.41. The highest BCUT2D eigenvalue weighted by atomic mass is 16.3. The van der Waals surface area contributed by atoms with Crippen LogP contribution in [0.4, 0.5) is 11.8 Å². The fourth-order valence-corrected chi connectivity index (χ4v) is 2.52. The maximum Gasteiger partial charge on any atom is 0.222 e. The zero-order valence-electron chi connectivity index (χ0n) is 11.0. The Hall–Kier alpha value is -1.88. The number of anilines is 2. The van der Waals surface area contributed by atoms with Crippen molar-refractivity contribution < 1.29 is 5.11 Å². The Morgan fingerprint density at radius 2 is 1.89 bits per heavy atom. The lowest BCUT2D eigenvalue weighted by Crippen LogP contribution is -2.42.